The molecule has 43 heavy (non-hydrogen) atoms. The summed E-state index contributed by atoms with van der Waals surface area (Å²) >= 11 is 0. The molecule has 2 rings (SSSR count). The first-order valence-electron chi connectivity index (χ1n) is 17.0. The fourth-order valence-electron chi connectivity index (χ4n) is 6.64. The molecule has 0 heterocycles. The van der Waals surface area contributed by atoms with E-state index in [4.69, 9.17) is 14.2 Å². The van der Waals surface area contributed by atoms with Crippen molar-refractivity contribution in [2.75, 3.05) is 20.3 Å². The molecule has 246 valence electrons. The predicted octanol–water partition coefficient (Wildman–Crippen LogP) is 11.3. The molecule has 4 heteroatoms. The Morgan fingerprint density at radius 3 is 2.30 bits per heavy atom. The Balaban J connectivity index is 0.000000887. The van der Waals surface area contributed by atoms with Gasteiger partial charge in [-0.1, -0.05) is 117 Å². The highest BCUT2D eigenvalue weighted by Crippen LogP contribution is 2.61. The smallest absolute Gasteiger partial charge is 0.305 e. The number of carbonyl (C=O) groups excluding carboxylic acids is 1. The Morgan fingerprint density at radius 1 is 1.00 bits per heavy atom. The topological polar surface area (TPSA) is 44.8 Å². The molecule has 0 saturated heterocycles. The molecule has 0 N–H and O–H groups in total. The largest absolute Gasteiger partial charge is 0.498 e. The van der Waals surface area contributed by atoms with Crippen LogP contribution in [0.5, 0.6) is 0 Å². The van der Waals surface area contributed by atoms with Gasteiger partial charge in [-0.2, -0.15) is 0 Å². The third kappa shape index (κ3) is 14.4. The molecule has 0 spiro atoms. The van der Waals surface area contributed by atoms with E-state index in [-0.39, 0.29) is 17.3 Å². The number of hydrogen-bond acceptors (Lipinski definition) is 4. The molecule has 2 aliphatic rings. The lowest BCUT2D eigenvalue weighted by molar-refractivity contribution is -0.145. The van der Waals surface area contributed by atoms with E-state index in [0.717, 1.165) is 30.1 Å². The minimum atomic E-state index is -0.0688. The van der Waals surface area contributed by atoms with E-state index in [1.54, 1.807) is 18.8 Å². The summed E-state index contributed by atoms with van der Waals surface area (Å²) in [6.45, 7) is 28.4. The highest BCUT2D eigenvalue weighted by molar-refractivity contribution is 5.69. The Bertz CT molecular complexity index is 941. The minimum Gasteiger partial charge on any atom is -0.498 e. The lowest BCUT2D eigenvalue weighted by Crippen LogP contribution is -2.47. The van der Waals surface area contributed by atoms with Crippen molar-refractivity contribution >= 4 is 5.97 Å². The summed E-state index contributed by atoms with van der Waals surface area (Å²) in [6.07, 6.45) is 21.1. The molecule has 2 saturated carbocycles. The standard InChI is InChI=1S/C31H54O3.C8H12O/c1-8-9-10-11-12-14-29(32)34-23-25(4)22-33-26(5)31(7)20-13-19-30(6)21-27(16-15-24(2)3)17-18-28(30)31;1-7(2)5-6-8(3)9-4/h16,24-25,28H,5,8-15,17-23H2,1-4,6-7H3;5-6H,1,3H2,2,4H3/b27-16-;6-5-. The molecule has 2 aliphatic carbocycles. The lowest BCUT2D eigenvalue weighted by atomic mass is 9.50. The van der Waals surface area contributed by atoms with Crippen molar-refractivity contribution in [1.82, 2.24) is 0 Å². The van der Waals surface area contributed by atoms with E-state index >= 15 is 0 Å². The van der Waals surface area contributed by atoms with Crippen molar-refractivity contribution in [1.29, 1.82) is 0 Å². The maximum absolute atomic E-state index is 12.0. The molecular formula is C39H66O4. The molecule has 2 fully saturated rings. The van der Waals surface area contributed by atoms with Crippen LogP contribution < -0.4 is 0 Å². The van der Waals surface area contributed by atoms with Crippen LogP contribution in [0.4, 0.5) is 0 Å². The van der Waals surface area contributed by atoms with Crippen molar-refractivity contribution in [3.05, 3.63) is 60.6 Å². The maximum Gasteiger partial charge on any atom is 0.305 e. The number of ether oxygens (including phenoxy) is 3. The molecule has 0 aromatic carbocycles. The van der Waals surface area contributed by atoms with Gasteiger partial charge < -0.3 is 14.2 Å². The van der Waals surface area contributed by atoms with E-state index in [2.05, 4.69) is 67.4 Å². The summed E-state index contributed by atoms with van der Waals surface area (Å²) in [5.41, 5.74) is 3.04. The normalized spacial score (nSPS) is 25.0. The molecule has 0 amide bonds. The van der Waals surface area contributed by atoms with Gasteiger partial charge in [-0.3, -0.25) is 4.79 Å². The van der Waals surface area contributed by atoms with Crippen molar-refractivity contribution < 1.29 is 19.0 Å². The molecule has 4 atom stereocenters. The quantitative estimate of drug-likeness (QED) is 0.0549. The number of carbonyl (C=O) groups is 1. The second kappa shape index (κ2) is 19.9. The molecule has 0 radical (unpaired) electrons. The summed E-state index contributed by atoms with van der Waals surface area (Å²) in [5, 5.41) is 0. The molecule has 0 aromatic heterocycles. The Labute approximate surface area is 266 Å². The number of unbranched alkanes of at least 4 members (excludes halogenated alkanes) is 4. The minimum absolute atomic E-state index is 0.0332. The van der Waals surface area contributed by atoms with Crippen LogP contribution in [0.15, 0.2) is 60.6 Å². The number of rotatable bonds is 17. The molecule has 4 unspecified atom stereocenters. The third-order valence-corrected chi connectivity index (χ3v) is 9.33. The van der Waals surface area contributed by atoms with Crippen LogP contribution in [0.25, 0.3) is 0 Å². The summed E-state index contributed by atoms with van der Waals surface area (Å²) < 4.78 is 16.6. The van der Waals surface area contributed by atoms with Crippen molar-refractivity contribution in [3.8, 4) is 0 Å². The number of fused-ring (bicyclic) bond motifs is 1. The van der Waals surface area contributed by atoms with Crippen molar-refractivity contribution in [3.63, 3.8) is 0 Å². The molecular weight excluding hydrogens is 532 g/mol. The average molecular weight is 599 g/mol. The van der Waals surface area contributed by atoms with E-state index in [0.29, 0.717) is 36.7 Å². The number of esters is 1. The van der Waals surface area contributed by atoms with E-state index in [1.165, 1.54) is 64.2 Å². The summed E-state index contributed by atoms with van der Waals surface area (Å²) in [7, 11) is 1.59. The van der Waals surface area contributed by atoms with Crippen LogP contribution in [0.3, 0.4) is 0 Å². The number of hydrogen-bond donors (Lipinski definition) is 0. The van der Waals surface area contributed by atoms with Gasteiger partial charge in [0.15, 0.2) is 0 Å². The second-order valence-corrected chi connectivity index (χ2v) is 14.2. The Morgan fingerprint density at radius 2 is 1.67 bits per heavy atom. The van der Waals surface area contributed by atoms with E-state index in [1.807, 2.05) is 13.0 Å². The highest BCUT2D eigenvalue weighted by atomic mass is 16.5. The summed E-state index contributed by atoms with van der Waals surface area (Å²) in [5.74, 6) is 3.07. The third-order valence-electron chi connectivity index (χ3n) is 9.33. The zero-order valence-corrected chi connectivity index (χ0v) is 29.3. The van der Waals surface area contributed by atoms with Crippen molar-refractivity contribution in [2.45, 2.75) is 132 Å². The molecule has 4 nitrogen and oxygen atoms in total. The van der Waals surface area contributed by atoms with Crippen LogP contribution >= 0.6 is 0 Å². The predicted molar refractivity (Wildman–Crippen MR) is 184 cm³/mol. The van der Waals surface area contributed by atoms with Crippen molar-refractivity contribution in [2.24, 2.45) is 28.6 Å². The zero-order valence-electron chi connectivity index (χ0n) is 29.3. The highest BCUT2D eigenvalue weighted by Gasteiger charge is 2.52. The number of methoxy groups -OCH3 is 1. The first-order valence-corrected chi connectivity index (χ1v) is 17.0. The van der Waals surface area contributed by atoms with Crippen LogP contribution in [0, 0.1) is 28.6 Å². The lowest BCUT2D eigenvalue weighted by Gasteiger charge is -2.55. The van der Waals surface area contributed by atoms with Crippen LogP contribution in [-0.4, -0.2) is 26.3 Å². The van der Waals surface area contributed by atoms with Gasteiger partial charge in [0.25, 0.3) is 0 Å². The van der Waals surface area contributed by atoms with Gasteiger partial charge in [0.05, 0.1) is 26.1 Å². The van der Waals surface area contributed by atoms with Gasteiger partial charge in [-0.15, -0.1) is 0 Å². The average Bonchev–Trinajstić information content (AvgIpc) is 2.96. The Kier molecular flexibility index (Phi) is 18.0. The molecule has 0 aliphatic heterocycles. The first-order chi connectivity index (χ1) is 20.3. The van der Waals surface area contributed by atoms with Gasteiger partial charge in [-0.05, 0) is 75.2 Å². The van der Waals surface area contributed by atoms with Gasteiger partial charge in [0.2, 0.25) is 0 Å². The SMILES string of the molecule is C=C(C)/C=C\C(=C)OC.C=C(OCC(C)COC(=O)CCCCCCC)C1(C)CCCC2(C)C/C(=C\CC(C)C)CCC21. The monoisotopic (exact) mass is 598 g/mol. The van der Waals surface area contributed by atoms with Gasteiger partial charge >= 0.3 is 5.97 Å². The first kappa shape index (κ1) is 38.8. The van der Waals surface area contributed by atoms with E-state index < -0.39 is 0 Å². The van der Waals surface area contributed by atoms with Crippen LogP contribution in [-0.2, 0) is 19.0 Å². The van der Waals surface area contributed by atoms with Gasteiger partial charge in [0, 0.05) is 17.8 Å². The fourth-order valence-corrected chi connectivity index (χ4v) is 6.64. The fraction of sp³-hybridized carbons (Fsp3) is 0.718. The van der Waals surface area contributed by atoms with Crippen LogP contribution in [0.1, 0.15) is 132 Å². The Hall–Kier alpha value is -2.23. The second-order valence-electron chi connectivity index (χ2n) is 14.2. The van der Waals surface area contributed by atoms with Gasteiger partial charge in [-0.25, -0.2) is 0 Å². The molecule has 0 bridgehead atoms. The maximum atomic E-state index is 12.0. The zero-order chi connectivity index (χ0) is 32.5. The summed E-state index contributed by atoms with van der Waals surface area (Å²) in [4.78, 5) is 12.0. The van der Waals surface area contributed by atoms with E-state index in [9.17, 15) is 4.79 Å². The van der Waals surface area contributed by atoms with Crippen LogP contribution in [0.2, 0.25) is 0 Å². The summed E-state index contributed by atoms with van der Waals surface area (Å²) in [6, 6.07) is 0. The molecule has 0 aromatic rings. The van der Waals surface area contributed by atoms with Gasteiger partial charge in [0.1, 0.15) is 5.76 Å². The number of allylic oxidation sites excluding steroid dienone is 6.